The van der Waals surface area contributed by atoms with Crippen molar-refractivity contribution >= 4 is 5.69 Å². The van der Waals surface area contributed by atoms with Crippen LogP contribution in [0.15, 0.2) is 18.2 Å². The lowest BCUT2D eigenvalue weighted by molar-refractivity contribution is -0.387. The molecule has 1 aromatic carbocycles. The number of nitro benzene ring substituents is 1. The third-order valence-corrected chi connectivity index (χ3v) is 2.66. The molecule has 4 nitrogen and oxygen atoms in total. The zero-order valence-electron chi connectivity index (χ0n) is 8.78. The number of nitro groups is 1. The summed E-state index contributed by atoms with van der Waals surface area (Å²) in [4.78, 5) is 9.83. The predicted octanol–water partition coefficient (Wildman–Crippen LogP) is 2.03. The van der Waals surface area contributed by atoms with Gasteiger partial charge in [0.25, 0.3) is 0 Å². The molecule has 1 N–H and O–H groups in total. The Hall–Kier alpha value is -1.49. The summed E-state index contributed by atoms with van der Waals surface area (Å²) in [6.07, 6.45) is 2.85. The molecule has 1 aliphatic carbocycles. The third kappa shape index (κ3) is 2.55. The molecule has 0 atom stereocenters. The molecule has 0 spiro atoms. The van der Waals surface area contributed by atoms with Crippen LogP contribution >= 0.6 is 0 Å². The Balaban J connectivity index is 2.01. The number of hydrogen-bond acceptors (Lipinski definition) is 3. The molecular weight excluding hydrogens is 211 g/mol. The Morgan fingerprint density at radius 2 is 2.25 bits per heavy atom. The molecule has 0 aromatic heterocycles. The summed E-state index contributed by atoms with van der Waals surface area (Å²) < 4.78 is 13.6. The summed E-state index contributed by atoms with van der Waals surface area (Å²) in [7, 11) is 0. The zero-order chi connectivity index (χ0) is 11.5. The van der Waals surface area contributed by atoms with Crippen LogP contribution < -0.4 is 5.32 Å². The third-order valence-electron chi connectivity index (χ3n) is 2.66. The quantitative estimate of drug-likeness (QED) is 0.615. The molecule has 0 heterocycles. The van der Waals surface area contributed by atoms with E-state index in [0.717, 1.165) is 0 Å². The normalized spacial score (nSPS) is 15.1. The lowest BCUT2D eigenvalue weighted by Gasteiger charge is -2.04. The number of hydrogen-bond donors (Lipinski definition) is 1. The topological polar surface area (TPSA) is 55.2 Å². The highest BCUT2D eigenvalue weighted by Gasteiger charge is 2.21. The van der Waals surface area contributed by atoms with Crippen LogP contribution in [0.2, 0.25) is 0 Å². The molecule has 0 bridgehead atoms. The first-order valence-electron chi connectivity index (χ1n) is 5.33. The fraction of sp³-hybridized carbons (Fsp3) is 0.455. The average molecular weight is 224 g/mol. The van der Waals surface area contributed by atoms with Gasteiger partial charge in [0.1, 0.15) is 0 Å². The van der Waals surface area contributed by atoms with E-state index in [9.17, 15) is 14.5 Å². The van der Waals surface area contributed by atoms with Gasteiger partial charge in [0.15, 0.2) is 0 Å². The SMILES string of the molecule is O=[N+]([O-])c1cccc(CCNC2CC2)c1F. The Bertz CT molecular complexity index is 405. The minimum absolute atomic E-state index is 0.405. The van der Waals surface area contributed by atoms with Crippen molar-refractivity contribution < 1.29 is 9.31 Å². The van der Waals surface area contributed by atoms with Gasteiger partial charge in [0, 0.05) is 12.1 Å². The van der Waals surface area contributed by atoms with Crippen LogP contribution in [0, 0.1) is 15.9 Å². The smallest absolute Gasteiger partial charge is 0.305 e. The number of nitrogens with one attached hydrogen (secondary N) is 1. The molecule has 0 amide bonds. The van der Waals surface area contributed by atoms with Crippen molar-refractivity contribution in [2.24, 2.45) is 0 Å². The predicted molar refractivity (Wildman–Crippen MR) is 57.8 cm³/mol. The second kappa shape index (κ2) is 4.57. The molecule has 1 fully saturated rings. The highest BCUT2D eigenvalue weighted by atomic mass is 19.1. The molecule has 0 unspecified atom stereocenters. The lowest BCUT2D eigenvalue weighted by atomic mass is 10.1. The Morgan fingerprint density at radius 1 is 1.50 bits per heavy atom. The van der Waals surface area contributed by atoms with Crippen LogP contribution in [0.4, 0.5) is 10.1 Å². The Labute approximate surface area is 92.6 Å². The van der Waals surface area contributed by atoms with Crippen LogP contribution in [0.1, 0.15) is 18.4 Å². The molecule has 1 aromatic rings. The van der Waals surface area contributed by atoms with Crippen LogP contribution in [0.5, 0.6) is 0 Å². The van der Waals surface area contributed by atoms with E-state index in [4.69, 9.17) is 0 Å². The van der Waals surface area contributed by atoms with Gasteiger partial charge in [-0.1, -0.05) is 12.1 Å². The minimum Gasteiger partial charge on any atom is -0.314 e. The fourth-order valence-corrected chi connectivity index (χ4v) is 1.60. The largest absolute Gasteiger partial charge is 0.314 e. The van der Waals surface area contributed by atoms with Crippen LogP contribution in [-0.4, -0.2) is 17.5 Å². The molecule has 2 rings (SSSR count). The molecule has 16 heavy (non-hydrogen) atoms. The molecule has 0 radical (unpaired) electrons. The van der Waals surface area contributed by atoms with Crippen molar-refractivity contribution in [1.82, 2.24) is 5.32 Å². The Kier molecular flexibility index (Phi) is 3.14. The van der Waals surface area contributed by atoms with E-state index in [1.165, 1.54) is 25.0 Å². The zero-order valence-corrected chi connectivity index (χ0v) is 8.78. The van der Waals surface area contributed by atoms with Crippen molar-refractivity contribution in [3.63, 3.8) is 0 Å². The summed E-state index contributed by atoms with van der Waals surface area (Å²) in [5.41, 5.74) is -0.0359. The summed E-state index contributed by atoms with van der Waals surface area (Å²) >= 11 is 0. The first kappa shape index (κ1) is 11.0. The maximum Gasteiger partial charge on any atom is 0.305 e. The lowest BCUT2D eigenvalue weighted by Crippen LogP contribution is -2.19. The van der Waals surface area contributed by atoms with Gasteiger partial charge in [-0.25, -0.2) is 0 Å². The van der Waals surface area contributed by atoms with Gasteiger partial charge in [-0.15, -0.1) is 0 Å². The first-order chi connectivity index (χ1) is 7.68. The molecular formula is C11H13FN2O2. The Morgan fingerprint density at radius 3 is 2.88 bits per heavy atom. The number of rotatable bonds is 5. The van der Waals surface area contributed by atoms with E-state index in [1.807, 2.05) is 0 Å². The summed E-state index contributed by atoms with van der Waals surface area (Å²) in [5.74, 6) is -0.704. The molecule has 5 heteroatoms. The second-order valence-corrected chi connectivity index (χ2v) is 3.99. The van der Waals surface area contributed by atoms with Crippen LogP contribution in [0.25, 0.3) is 0 Å². The van der Waals surface area contributed by atoms with E-state index in [1.54, 1.807) is 6.07 Å². The van der Waals surface area contributed by atoms with Crippen LogP contribution in [0.3, 0.4) is 0 Å². The molecule has 1 saturated carbocycles. The van der Waals surface area contributed by atoms with Gasteiger partial charge in [-0.05, 0) is 31.4 Å². The van der Waals surface area contributed by atoms with Crippen molar-refractivity contribution in [1.29, 1.82) is 0 Å². The number of nitrogens with zero attached hydrogens (tertiary/aromatic N) is 1. The van der Waals surface area contributed by atoms with Gasteiger partial charge in [-0.2, -0.15) is 4.39 Å². The van der Waals surface area contributed by atoms with Crippen molar-refractivity contribution in [2.45, 2.75) is 25.3 Å². The maximum atomic E-state index is 13.6. The van der Waals surface area contributed by atoms with E-state index >= 15 is 0 Å². The van der Waals surface area contributed by atoms with Crippen molar-refractivity contribution in [3.8, 4) is 0 Å². The standard InChI is InChI=1S/C11H13FN2O2/c12-11-8(6-7-13-9-4-5-9)2-1-3-10(11)14(15)16/h1-3,9,13H,4-7H2. The maximum absolute atomic E-state index is 13.6. The van der Waals surface area contributed by atoms with Gasteiger partial charge < -0.3 is 5.32 Å². The molecule has 0 aliphatic heterocycles. The summed E-state index contributed by atoms with van der Waals surface area (Å²) in [6.45, 7) is 0.669. The highest BCUT2D eigenvalue weighted by molar-refractivity contribution is 5.36. The minimum atomic E-state index is -0.704. The van der Waals surface area contributed by atoms with Crippen LogP contribution in [-0.2, 0) is 6.42 Å². The van der Waals surface area contributed by atoms with Gasteiger partial charge >= 0.3 is 5.69 Å². The van der Waals surface area contributed by atoms with E-state index < -0.39 is 16.4 Å². The summed E-state index contributed by atoms with van der Waals surface area (Å²) in [5, 5.41) is 13.8. The average Bonchev–Trinajstić information content (AvgIpc) is 3.04. The van der Waals surface area contributed by atoms with E-state index in [0.29, 0.717) is 24.6 Å². The molecule has 0 saturated heterocycles. The highest BCUT2D eigenvalue weighted by Crippen LogP contribution is 2.21. The monoisotopic (exact) mass is 224 g/mol. The number of benzene rings is 1. The fourth-order valence-electron chi connectivity index (χ4n) is 1.60. The van der Waals surface area contributed by atoms with Gasteiger partial charge in [-0.3, -0.25) is 10.1 Å². The van der Waals surface area contributed by atoms with Gasteiger partial charge in [0.2, 0.25) is 5.82 Å². The van der Waals surface area contributed by atoms with Crippen molar-refractivity contribution in [2.75, 3.05) is 6.54 Å². The van der Waals surface area contributed by atoms with E-state index in [2.05, 4.69) is 5.32 Å². The second-order valence-electron chi connectivity index (χ2n) is 3.99. The van der Waals surface area contributed by atoms with E-state index in [-0.39, 0.29) is 0 Å². The van der Waals surface area contributed by atoms with Crippen molar-refractivity contribution in [3.05, 3.63) is 39.7 Å². The molecule has 86 valence electrons. The summed E-state index contributed by atoms with van der Waals surface area (Å²) in [6, 6.07) is 4.87. The van der Waals surface area contributed by atoms with Gasteiger partial charge in [0.05, 0.1) is 4.92 Å². The molecule has 1 aliphatic rings. The first-order valence-corrected chi connectivity index (χ1v) is 5.33. The number of halogens is 1.